The lowest BCUT2D eigenvalue weighted by molar-refractivity contribution is 0.333. The molecule has 0 amide bonds. The van der Waals surface area contributed by atoms with Gasteiger partial charge in [0.1, 0.15) is 6.61 Å². The molecular formula is C17H25FN2O3S. The van der Waals surface area contributed by atoms with Gasteiger partial charge < -0.3 is 10.5 Å². The van der Waals surface area contributed by atoms with Gasteiger partial charge in [-0.2, -0.15) is 0 Å². The highest BCUT2D eigenvalue weighted by Gasteiger charge is 2.38. The molecule has 3 atom stereocenters. The van der Waals surface area contributed by atoms with Crippen molar-refractivity contribution in [2.45, 2.75) is 43.3 Å². The molecular weight excluding hydrogens is 331 g/mol. The molecule has 5 nitrogen and oxygen atoms in total. The van der Waals surface area contributed by atoms with Crippen LogP contribution in [0, 0.1) is 11.8 Å². The summed E-state index contributed by atoms with van der Waals surface area (Å²) in [7, 11) is -3.40. The fourth-order valence-corrected chi connectivity index (χ4v) is 4.47. The minimum Gasteiger partial charge on any atom is -0.473 e. The van der Waals surface area contributed by atoms with Gasteiger partial charge in [-0.1, -0.05) is 13.8 Å². The third kappa shape index (κ3) is 4.54. The van der Waals surface area contributed by atoms with Gasteiger partial charge in [0.25, 0.3) is 0 Å². The highest BCUT2D eigenvalue weighted by molar-refractivity contribution is 7.92. The van der Waals surface area contributed by atoms with E-state index >= 15 is 0 Å². The lowest BCUT2D eigenvalue weighted by Gasteiger charge is -2.16. The van der Waals surface area contributed by atoms with Gasteiger partial charge in [0.05, 0.1) is 16.5 Å². The van der Waals surface area contributed by atoms with E-state index in [4.69, 9.17) is 10.5 Å². The van der Waals surface area contributed by atoms with E-state index in [0.717, 1.165) is 6.42 Å². The molecule has 2 rings (SSSR count). The van der Waals surface area contributed by atoms with Gasteiger partial charge in [0.2, 0.25) is 5.88 Å². The first kappa shape index (κ1) is 18.9. The Morgan fingerprint density at radius 3 is 2.71 bits per heavy atom. The molecule has 0 spiro atoms. The van der Waals surface area contributed by atoms with Crippen molar-refractivity contribution in [2.24, 2.45) is 17.6 Å². The average molecular weight is 356 g/mol. The second kappa shape index (κ2) is 8.07. The SMILES string of the molecule is CCC(CC1CC1C)S(=O)(=O)c1ccc(OC/C(=C/F)CN)nc1. The van der Waals surface area contributed by atoms with Crippen LogP contribution in [0.4, 0.5) is 4.39 Å². The Labute approximate surface area is 143 Å². The molecule has 1 aliphatic carbocycles. The number of nitrogens with zero attached hydrogens (tertiary/aromatic N) is 1. The Hall–Kier alpha value is -1.47. The second-order valence-corrected chi connectivity index (χ2v) is 8.60. The molecule has 2 N–H and O–H groups in total. The van der Waals surface area contributed by atoms with Crippen molar-refractivity contribution in [1.82, 2.24) is 4.98 Å². The molecule has 134 valence electrons. The summed E-state index contributed by atoms with van der Waals surface area (Å²) < 4.78 is 43.2. The fourth-order valence-electron chi connectivity index (χ4n) is 2.69. The minimum absolute atomic E-state index is 0.0107. The maximum Gasteiger partial charge on any atom is 0.213 e. The molecule has 7 heteroatoms. The molecule has 1 fully saturated rings. The van der Waals surface area contributed by atoms with Crippen molar-refractivity contribution < 1.29 is 17.5 Å². The Kier molecular flexibility index (Phi) is 6.34. The standard InChI is InChI=1S/C17H25FN2O3S/c1-3-15(7-14-6-12(14)2)24(21,22)16-4-5-17(20-10-16)23-11-13(8-18)9-19/h4-5,8,10,12,14-15H,3,6-7,9,11,19H2,1-2H3/b13-8+. The smallest absolute Gasteiger partial charge is 0.213 e. The van der Waals surface area contributed by atoms with E-state index in [2.05, 4.69) is 11.9 Å². The zero-order valence-corrected chi connectivity index (χ0v) is 14.9. The number of rotatable bonds is 9. The van der Waals surface area contributed by atoms with Crippen LogP contribution in [-0.2, 0) is 9.84 Å². The largest absolute Gasteiger partial charge is 0.473 e. The van der Waals surface area contributed by atoms with Crippen molar-refractivity contribution in [1.29, 1.82) is 0 Å². The van der Waals surface area contributed by atoms with E-state index in [0.29, 0.717) is 36.6 Å². The Balaban J connectivity index is 2.05. The molecule has 3 unspecified atom stereocenters. The zero-order chi connectivity index (χ0) is 17.7. The minimum atomic E-state index is -3.40. The van der Waals surface area contributed by atoms with Crippen molar-refractivity contribution >= 4 is 9.84 Å². The molecule has 1 heterocycles. The highest BCUT2D eigenvalue weighted by atomic mass is 32.2. The molecule has 0 aliphatic heterocycles. The third-order valence-corrected chi connectivity index (χ3v) is 6.90. The molecule has 0 bridgehead atoms. The molecule has 24 heavy (non-hydrogen) atoms. The van der Waals surface area contributed by atoms with Crippen LogP contribution in [-0.4, -0.2) is 31.8 Å². The third-order valence-electron chi connectivity index (χ3n) is 4.60. The van der Waals surface area contributed by atoms with Crippen LogP contribution >= 0.6 is 0 Å². The summed E-state index contributed by atoms with van der Waals surface area (Å²) in [5, 5.41) is -0.376. The molecule has 0 saturated heterocycles. The van der Waals surface area contributed by atoms with Gasteiger partial charge >= 0.3 is 0 Å². The zero-order valence-electron chi connectivity index (χ0n) is 14.1. The summed E-state index contributed by atoms with van der Waals surface area (Å²) in [6.07, 6.45) is 4.13. The number of aromatic nitrogens is 1. The highest BCUT2D eigenvalue weighted by Crippen LogP contribution is 2.43. The number of hydrogen-bond acceptors (Lipinski definition) is 5. The number of nitrogens with two attached hydrogens (primary N) is 1. The first-order chi connectivity index (χ1) is 11.4. The van der Waals surface area contributed by atoms with Crippen molar-refractivity contribution in [2.75, 3.05) is 13.2 Å². The summed E-state index contributed by atoms with van der Waals surface area (Å²) in [5.41, 5.74) is 5.65. The van der Waals surface area contributed by atoms with Crippen molar-refractivity contribution in [3.8, 4) is 5.88 Å². The maximum absolute atomic E-state index is 12.7. The van der Waals surface area contributed by atoms with E-state index in [1.807, 2.05) is 6.92 Å². The maximum atomic E-state index is 12.7. The molecule has 1 saturated carbocycles. The van der Waals surface area contributed by atoms with Crippen LogP contribution in [0.25, 0.3) is 0 Å². The van der Waals surface area contributed by atoms with E-state index in [1.54, 1.807) is 0 Å². The summed E-state index contributed by atoms with van der Waals surface area (Å²) in [5.74, 6) is 1.39. The Bertz CT molecular complexity index is 674. The first-order valence-electron chi connectivity index (χ1n) is 8.23. The normalized spacial score (nSPS) is 22.2. The number of hydrogen-bond donors (Lipinski definition) is 1. The number of pyridine rings is 1. The predicted molar refractivity (Wildman–Crippen MR) is 91.1 cm³/mol. The summed E-state index contributed by atoms with van der Waals surface area (Å²) in [4.78, 5) is 4.22. The summed E-state index contributed by atoms with van der Waals surface area (Å²) in [6.45, 7) is 4.10. The molecule has 1 aliphatic rings. The van der Waals surface area contributed by atoms with Crippen LogP contribution in [0.2, 0.25) is 0 Å². The summed E-state index contributed by atoms with van der Waals surface area (Å²) in [6, 6.07) is 2.99. The molecule has 1 aromatic rings. The molecule has 0 aromatic carbocycles. The lowest BCUT2D eigenvalue weighted by Crippen LogP contribution is -2.22. The van der Waals surface area contributed by atoms with Crippen LogP contribution < -0.4 is 10.5 Å². The van der Waals surface area contributed by atoms with Crippen LogP contribution in [0.3, 0.4) is 0 Å². The van der Waals surface area contributed by atoms with Gasteiger partial charge in [-0.05, 0) is 37.2 Å². The number of ether oxygens (including phenoxy) is 1. The monoisotopic (exact) mass is 356 g/mol. The predicted octanol–water partition coefficient (Wildman–Crippen LogP) is 2.87. The number of halogens is 1. The van der Waals surface area contributed by atoms with Gasteiger partial charge in [-0.25, -0.2) is 17.8 Å². The summed E-state index contributed by atoms with van der Waals surface area (Å²) >= 11 is 0. The van der Waals surface area contributed by atoms with Crippen molar-refractivity contribution in [3.05, 3.63) is 30.2 Å². The van der Waals surface area contributed by atoms with E-state index < -0.39 is 9.84 Å². The Morgan fingerprint density at radius 1 is 1.54 bits per heavy atom. The Morgan fingerprint density at radius 2 is 2.25 bits per heavy atom. The van der Waals surface area contributed by atoms with E-state index in [9.17, 15) is 12.8 Å². The van der Waals surface area contributed by atoms with Gasteiger partial charge in [-0.3, -0.25) is 0 Å². The quantitative estimate of drug-likeness (QED) is 0.736. The van der Waals surface area contributed by atoms with Gasteiger partial charge in [0.15, 0.2) is 9.84 Å². The lowest BCUT2D eigenvalue weighted by atomic mass is 10.1. The van der Waals surface area contributed by atoms with Gasteiger partial charge in [0, 0.05) is 24.4 Å². The fraction of sp³-hybridized carbons (Fsp3) is 0.588. The van der Waals surface area contributed by atoms with E-state index in [1.165, 1.54) is 18.3 Å². The molecule has 1 aromatic heterocycles. The number of sulfone groups is 1. The second-order valence-electron chi connectivity index (χ2n) is 6.38. The van der Waals surface area contributed by atoms with Gasteiger partial charge in [-0.15, -0.1) is 0 Å². The van der Waals surface area contributed by atoms with Crippen LogP contribution in [0.1, 0.15) is 33.1 Å². The first-order valence-corrected chi connectivity index (χ1v) is 9.77. The van der Waals surface area contributed by atoms with E-state index in [-0.39, 0.29) is 29.2 Å². The molecule has 0 radical (unpaired) electrons. The topological polar surface area (TPSA) is 82.3 Å². The van der Waals surface area contributed by atoms with Crippen LogP contribution in [0.5, 0.6) is 5.88 Å². The van der Waals surface area contributed by atoms with Crippen molar-refractivity contribution in [3.63, 3.8) is 0 Å². The van der Waals surface area contributed by atoms with Crippen LogP contribution in [0.15, 0.2) is 35.1 Å². The average Bonchev–Trinajstić information content (AvgIpc) is 3.29.